The summed E-state index contributed by atoms with van der Waals surface area (Å²) in [5.41, 5.74) is 9.54. The first-order valence-corrected chi connectivity index (χ1v) is 6.31. The Kier molecular flexibility index (Phi) is 3.01. The van der Waals surface area contributed by atoms with Gasteiger partial charge in [-0.3, -0.25) is 4.79 Å². The first-order chi connectivity index (χ1) is 9.13. The highest BCUT2D eigenvalue weighted by Crippen LogP contribution is 2.24. The molecule has 0 spiro atoms. The van der Waals surface area contributed by atoms with Gasteiger partial charge >= 0.3 is 0 Å². The maximum absolute atomic E-state index is 12.4. The number of benzene rings is 2. The molecular weight excluding hydrogens is 262 g/mol. The molecule has 3 rings (SSSR count). The highest BCUT2D eigenvalue weighted by molar-refractivity contribution is 6.31. The van der Waals surface area contributed by atoms with Crippen LogP contribution in [-0.2, 0) is 18.0 Å². The van der Waals surface area contributed by atoms with Crippen LogP contribution in [0.4, 0.5) is 5.69 Å². The normalized spacial score (nSPS) is 13.3. The third-order valence-corrected chi connectivity index (χ3v) is 3.38. The SMILES string of the molecule is Nc1cc(Cl)cc(C(=O)c2ccc3c(c2)COC3)c1. The summed E-state index contributed by atoms with van der Waals surface area (Å²) in [6.45, 7) is 1.18. The van der Waals surface area contributed by atoms with Crippen molar-refractivity contribution in [1.29, 1.82) is 0 Å². The van der Waals surface area contributed by atoms with E-state index in [-0.39, 0.29) is 5.78 Å². The van der Waals surface area contributed by atoms with Crippen molar-refractivity contribution in [3.63, 3.8) is 0 Å². The summed E-state index contributed by atoms with van der Waals surface area (Å²) < 4.78 is 5.34. The van der Waals surface area contributed by atoms with Gasteiger partial charge < -0.3 is 10.5 Å². The van der Waals surface area contributed by atoms with Crippen molar-refractivity contribution in [2.75, 3.05) is 5.73 Å². The molecular formula is C15H12ClNO2. The summed E-state index contributed by atoms with van der Waals surface area (Å²) in [4.78, 5) is 12.4. The van der Waals surface area contributed by atoms with Crippen molar-refractivity contribution in [3.8, 4) is 0 Å². The summed E-state index contributed by atoms with van der Waals surface area (Å²) in [6.07, 6.45) is 0. The molecule has 0 amide bonds. The Hall–Kier alpha value is -1.84. The van der Waals surface area contributed by atoms with Gasteiger partial charge in [-0.05, 0) is 35.4 Å². The molecule has 0 bridgehead atoms. The van der Waals surface area contributed by atoms with Gasteiger partial charge in [0.25, 0.3) is 0 Å². The van der Waals surface area contributed by atoms with Crippen LogP contribution in [0.3, 0.4) is 0 Å². The number of nitrogen functional groups attached to an aromatic ring is 1. The monoisotopic (exact) mass is 273 g/mol. The fraction of sp³-hybridized carbons (Fsp3) is 0.133. The van der Waals surface area contributed by atoms with Gasteiger partial charge in [0.15, 0.2) is 5.78 Å². The Balaban J connectivity index is 1.99. The number of fused-ring (bicyclic) bond motifs is 1. The summed E-state index contributed by atoms with van der Waals surface area (Å²) >= 11 is 5.92. The van der Waals surface area contributed by atoms with Gasteiger partial charge in [-0.1, -0.05) is 23.7 Å². The Labute approximate surface area is 115 Å². The summed E-state index contributed by atoms with van der Waals surface area (Å²) in [6, 6.07) is 10.5. The van der Waals surface area contributed by atoms with Gasteiger partial charge in [-0.2, -0.15) is 0 Å². The molecule has 0 radical (unpaired) electrons. The maximum atomic E-state index is 12.4. The van der Waals surface area contributed by atoms with Crippen LogP contribution < -0.4 is 5.73 Å². The highest BCUT2D eigenvalue weighted by Gasteiger charge is 2.16. The summed E-state index contributed by atoms with van der Waals surface area (Å²) in [5, 5.41) is 0.466. The van der Waals surface area contributed by atoms with E-state index in [2.05, 4.69) is 0 Å². The number of ketones is 1. The number of anilines is 1. The zero-order valence-electron chi connectivity index (χ0n) is 10.2. The molecule has 3 nitrogen and oxygen atoms in total. The molecule has 0 fully saturated rings. The quantitative estimate of drug-likeness (QED) is 0.675. The molecule has 96 valence electrons. The first-order valence-electron chi connectivity index (χ1n) is 5.94. The topological polar surface area (TPSA) is 52.3 Å². The zero-order valence-corrected chi connectivity index (χ0v) is 10.9. The second-order valence-corrected chi connectivity index (χ2v) is 5.02. The van der Waals surface area contributed by atoms with Gasteiger partial charge in [0.05, 0.1) is 13.2 Å². The number of ether oxygens (including phenoxy) is 1. The fourth-order valence-electron chi connectivity index (χ4n) is 2.22. The fourth-order valence-corrected chi connectivity index (χ4v) is 2.47. The summed E-state index contributed by atoms with van der Waals surface area (Å²) in [5.74, 6) is -0.0797. The lowest BCUT2D eigenvalue weighted by Gasteiger charge is -2.05. The number of rotatable bonds is 2. The van der Waals surface area contributed by atoms with Gasteiger partial charge in [0.1, 0.15) is 0 Å². The predicted octanol–water partition coefficient (Wildman–Crippen LogP) is 3.18. The van der Waals surface area contributed by atoms with Crippen LogP contribution in [0, 0.1) is 0 Å². The first kappa shape index (κ1) is 12.2. The molecule has 2 N–H and O–H groups in total. The lowest BCUT2D eigenvalue weighted by molar-refractivity contribution is 0.103. The van der Waals surface area contributed by atoms with Gasteiger partial charge in [-0.25, -0.2) is 0 Å². The van der Waals surface area contributed by atoms with Crippen molar-refractivity contribution >= 4 is 23.1 Å². The van der Waals surface area contributed by atoms with Crippen molar-refractivity contribution in [3.05, 3.63) is 63.7 Å². The van der Waals surface area contributed by atoms with Crippen LogP contribution in [0.2, 0.25) is 5.02 Å². The molecule has 4 heteroatoms. The average molecular weight is 274 g/mol. The minimum atomic E-state index is -0.0797. The largest absolute Gasteiger partial charge is 0.399 e. The Bertz CT molecular complexity index is 647. The van der Waals surface area contributed by atoms with Crippen LogP contribution in [0.15, 0.2) is 36.4 Å². The molecule has 2 aromatic carbocycles. The molecule has 1 aliphatic rings. The minimum absolute atomic E-state index is 0.0797. The standard InChI is InChI=1S/C15H12ClNO2/c16-13-4-11(5-14(17)6-13)15(18)9-1-2-10-7-19-8-12(10)3-9/h1-6H,7-8,17H2. The van der Waals surface area contributed by atoms with E-state index < -0.39 is 0 Å². The number of nitrogens with two attached hydrogens (primary N) is 1. The van der Waals surface area contributed by atoms with Crippen LogP contribution in [0.25, 0.3) is 0 Å². The number of carbonyl (C=O) groups excluding carboxylic acids is 1. The third-order valence-electron chi connectivity index (χ3n) is 3.17. The van der Waals surface area contributed by atoms with Gasteiger partial charge in [0, 0.05) is 21.8 Å². The van der Waals surface area contributed by atoms with Crippen LogP contribution >= 0.6 is 11.6 Å². The molecule has 2 aromatic rings. The van der Waals surface area contributed by atoms with E-state index in [1.54, 1.807) is 18.2 Å². The number of hydrogen-bond acceptors (Lipinski definition) is 3. The van der Waals surface area contributed by atoms with Crippen molar-refractivity contribution in [1.82, 2.24) is 0 Å². The molecule has 0 saturated carbocycles. The summed E-state index contributed by atoms with van der Waals surface area (Å²) in [7, 11) is 0. The van der Waals surface area contributed by atoms with Crippen molar-refractivity contribution in [2.45, 2.75) is 13.2 Å². The van der Waals surface area contributed by atoms with E-state index in [4.69, 9.17) is 22.1 Å². The molecule has 1 aliphatic heterocycles. The van der Waals surface area contributed by atoms with E-state index in [9.17, 15) is 4.79 Å². The van der Waals surface area contributed by atoms with Gasteiger partial charge in [0.2, 0.25) is 0 Å². The second kappa shape index (κ2) is 4.68. The average Bonchev–Trinajstić information content (AvgIpc) is 2.83. The van der Waals surface area contributed by atoms with Crippen molar-refractivity contribution < 1.29 is 9.53 Å². The van der Waals surface area contributed by atoms with E-state index in [0.717, 1.165) is 11.1 Å². The third kappa shape index (κ3) is 2.35. The van der Waals surface area contributed by atoms with E-state index in [0.29, 0.717) is 35.1 Å². The Morgan fingerprint density at radius 3 is 2.63 bits per heavy atom. The highest BCUT2D eigenvalue weighted by atomic mass is 35.5. The van der Waals surface area contributed by atoms with Crippen LogP contribution in [0.1, 0.15) is 27.0 Å². The van der Waals surface area contributed by atoms with E-state index in [1.165, 1.54) is 0 Å². The van der Waals surface area contributed by atoms with Crippen molar-refractivity contribution in [2.24, 2.45) is 0 Å². The number of carbonyl (C=O) groups is 1. The predicted molar refractivity (Wildman–Crippen MR) is 74.2 cm³/mol. The molecule has 0 aromatic heterocycles. The molecule has 19 heavy (non-hydrogen) atoms. The smallest absolute Gasteiger partial charge is 0.193 e. The van der Waals surface area contributed by atoms with Crippen LogP contribution in [0.5, 0.6) is 0 Å². The van der Waals surface area contributed by atoms with Gasteiger partial charge in [-0.15, -0.1) is 0 Å². The van der Waals surface area contributed by atoms with Crippen LogP contribution in [-0.4, -0.2) is 5.78 Å². The molecule has 0 atom stereocenters. The molecule has 0 aliphatic carbocycles. The lowest BCUT2D eigenvalue weighted by atomic mass is 9.99. The van der Waals surface area contributed by atoms with E-state index >= 15 is 0 Å². The zero-order chi connectivity index (χ0) is 13.4. The van der Waals surface area contributed by atoms with E-state index in [1.807, 2.05) is 18.2 Å². The number of hydrogen-bond donors (Lipinski definition) is 1. The molecule has 0 saturated heterocycles. The Morgan fingerprint density at radius 2 is 1.84 bits per heavy atom. The molecule has 0 unspecified atom stereocenters. The number of halogens is 1. The molecule has 1 heterocycles. The minimum Gasteiger partial charge on any atom is -0.399 e. The maximum Gasteiger partial charge on any atom is 0.193 e. The lowest BCUT2D eigenvalue weighted by Crippen LogP contribution is -2.03. The Morgan fingerprint density at radius 1 is 1.05 bits per heavy atom. The second-order valence-electron chi connectivity index (χ2n) is 4.58.